The van der Waals surface area contributed by atoms with Crippen molar-refractivity contribution in [2.24, 2.45) is 0 Å². The fraction of sp³-hybridized carbons (Fsp3) is 0.750. The number of esters is 1. The number of nitrogens with zero attached hydrogens (tertiary/aromatic N) is 4. The van der Waals surface area contributed by atoms with E-state index in [1.54, 1.807) is 20.8 Å². The van der Waals surface area contributed by atoms with E-state index in [1.807, 2.05) is 0 Å². The number of hydrogen-bond acceptors (Lipinski definition) is 9. The lowest BCUT2D eigenvalue weighted by Gasteiger charge is -2.17. The van der Waals surface area contributed by atoms with Gasteiger partial charge in [-0.15, -0.1) is 20.2 Å². The van der Waals surface area contributed by atoms with Gasteiger partial charge in [-0.2, -0.15) is 4.79 Å². The minimum Gasteiger partial charge on any atom is -0.451 e. The van der Waals surface area contributed by atoms with Gasteiger partial charge in [0.2, 0.25) is 0 Å². The number of carbonyl (C=O) groups is 2. The molecule has 0 amide bonds. The molecular weight excluding hydrogens is 344 g/mol. The van der Waals surface area contributed by atoms with E-state index >= 15 is 0 Å². The highest BCUT2D eigenvalue weighted by atomic mass is 17.0. The van der Waals surface area contributed by atoms with Gasteiger partial charge < -0.3 is 19.9 Å². The SMILES string of the molecule is CC(C)(C)OC(=O)C(=[N+]=[N-])C(=O)CCC[C@H](CO[N+](=O)[O-])O[N+](=O)[O-]. The number of ketones is 1. The van der Waals surface area contributed by atoms with Crippen LogP contribution < -0.4 is 0 Å². The number of carbonyl (C=O) groups excluding carboxylic acids is 2. The quantitative estimate of drug-likeness (QED) is 0.0960. The Bertz CT molecular complexity index is 578. The lowest BCUT2D eigenvalue weighted by Crippen LogP contribution is -2.34. The molecule has 0 saturated heterocycles. The van der Waals surface area contributed by atoms with E-state index in [9.17, 15) is 29.8 Å². The third kappa shape index (κ3) is 10.3. The van der Waals surface area contributed by atoms with Gasteiger partial charge in [-0.3, -0.25) is 4.79 Å². The van der Waals surface area contributed by atoms with Crippen LogP contribution in [0.4, 0.5) is 0 Å². The summed E-state index contributed by atoms with van der Waals surface area (Å²) in [7, 11) is 0. The van der Waals surface area contributed by atoms with Crippen molar-refractivity contribution in [1.29, 1.82) is 0 Å². The maximum absolute atomic E-state index is 11.9. The first-order chi connectivity index (χ1) is 11.5. The van der Waals surface area contributed by atoms with Crippen LogP contribution >= 0.6 is 0 Å². The Hall–Kier alpha value is -3.08. The molecule has 0 rings (SSSR count). The molecule has 0 heterocycles. The molecule has 0 radical (unpaired) electrons. The molecule has 1 atom stereocenters. The van der Waals surface area contributed by atoms with Crippen LogP contribution in [0.5, 0.6) is 0 Å². The van der Waals surface area contributed by atoms with Crippen LogP contribution in [0.25, 0.3) is 5.53 Å². The smallest absolute Gasteiger partial charge is 0.441 e. The third-order valence-corrected chi connectivity index (χ3v) is 2.49. The summed E-state index contributed by atoms with van der Waals surface area (Å²) >= 11 is 0. The van der Waals surface area contributed by atoms with Crippen LogP contribution in [0, 0.1) is 20.2 Å². The molecule has 13 heteroatoms. The molecule has 0 aliphatic rings. The Balaban J connectivity index is 4.62. The van der Waals surface area contributed by atoms with Crippen molar-refractivity contribution in [2.45, 2.75) is 51.7 Å². The summed E-state index contributed by atoms with van der Waals surface area (Å²) in [5, 5.41) is 18.1. The third-order valence-electron chi connectivity index (χ3n) is 2.49. The number of ether oxygens (including phenoxy) is 1. The van der Waals surface area contributed by atoms with Gasteiger partial charge in [0.05, 0.1) is 0 Å². The number of Topliss-reactive ketones (excluding diaryl/α,β-unsaturated/α-hetero) is 1. The molecular formula is C12H18N4O9. The van der Waals surface area contributed by atoms with Gasteiger partial charge in [0.1, 0.15) is 18.3 Å². The van der Waals surface area contributed by atoms with Crippen molar-refractivity contribution in [3.05, 3.63) is 25.8 Å². The number of hydrogen-bond donors (Lipinski definition) is 0. The summed E-state index contributed by atoms with van der Waals surface area (Å²) in [6.07, 6.45) is -1.79. The second kappa shape index (κ2) is 9.93. The Labute approximate surface area is 141 Å². The normalized spacial score (nSPS) is 11.6. The minimum atomic E-state index is -1.27. The average Bonchev–Trinajstić information content (AvgIpc) is 2.42. The second-order valence-corrected chi connectivity index (χ2v) is 5.74. The summed E-state index contributed by atoms with van der Waals surface area (Å²) in [5.74, 6) is -1.97. The average molecular weight is 362 g/mol. The van der Waals surface area contributed by atoms with Crippen LogP contribution in [0.2, 0.25) is 0 Å². The first-order valence-electron chi connectivity index (χ1n) is 7.03. The van der Waals surface area contributed by atoms with Crippen LogP contribution in [0.15, 0.2) is 0 Å². The monoisotopic (exact) mass is 362 g/mol. The highest BCUT2D eigenvalue weighted by molar-refractivity contribution is 6.62. The van der Waals surface area contributed by atoms with Gasteiger partial charge in [-0.05, 0) is 33.6 Å². The Morgan fingerprint density at radius 1 is 1.20 bits per heavy atom. The van der Waals surface area contributed by atoms with Gasteiger partial charge in [0.25, 0.3) is 16.0 Å². The van der Waals surface area contributed by atoms with E-state index < -0.39 is 45.9 Å². The summed E-state index contributed by atoms with van der Waals surface area (Å²) in [6, 6.07) is 0. The molecule has 0 saturated carbocycles. The molecule has 25 heavy (non-hydrogen) atoms. The Kier molecular flexibility index (Phi) is 8.70. The van der Waals surface area contributed by atoms with Crippen LogP contribution in [0.1, 0.15) is 40.0 Å². The Morgan fingerprint density at radius 3 is 2.24 bits per heavy atom. The zero-order chi connectivity index (χ0) is 19.6. The van der Waals surface area contributed by atoms with E-state index in [0.29, 0.717) is 0 Å². The topological polar surface area (TPSA) is 185 Å². The molecule has 0 aromatic carbocycles. The largest absolute Gasteiger partial charge is 0.451 e. The predicted molar refractivity (Wildman–Crippen MR) is 78.1 cm³/mol. The van der Waals surface area contributed by atoms with Crippen molar-refractivity contribution in [1.82, 2.24) is 0 Å². The minimum absolute atomic E-state index is 0.0414. The summed E-state index contributed by atoms with van der Waals surface area (Å²) in [6.45, 7) is 3.97. The van der Waals surface area contributed by atoms with E-state index in [1.165, 1.54) is 0 Å². The van der Waals surface area contributed by atoms with Crippen LogP contribution in [0.3, 0.4) is 0 Å². The van der Waals surface area contributed by atoms with Crippen molar-refractivity contribution in [3.63, 3.8) is 0 Å². The van der Waals surface area contributed by atoms with Gasteiger partial charge in [-0.25, -0.2) is 4.79 Å². The molecule has 0 aliphatic carbocycles. The highest BCUT2D eigenvalue weighted by Crippen LogP contribution is 2.10. The number of rotatable bonds is 11. The first kappa shape index (κ1) is 21.9. The van der Waals surface area contributed by atoms with Crippen molar-refractivity contribution < 1.29 is 39.0 Å². The zero-order valence-corrected chi connectivity index (χ0v) is 13.9. The second-order valence-electron chi connectivity index (χ2n) is 5.74. The van der Waals surface area contributed by atoms with Crippen LogP contribution in [-0.2, 0) is 24.0 Å². The highest BCUT2D eigenvalue weighted by Gasteiger charge is 2.33. The van der Waals surface area contributed by atoms with Crippen molar-refractivity contribution in [3.8, 4) is 0 Å². The molecule has 0 aliphatic heterocycles. The molecule has 13 nitrogen and oxygen atoms in total. The van der Waals surface area contributed by atoms with Gasteiger partial charge in [0.15, 0.2) is 0 Å². The molecule has 0 fully saturated rings. The van der Waals surface area contributed by atoms with Gasteiger partial charge >= 0.3 is 11.7 Å². The molecule has 0 aromatic heterocycles. The fourth-order valence-electron chi connectivity index (χ4n) is 1.58. The van der Waals surface area contributed by atoms with E-state index in [-0.39, 0.29) is 19.3 Å². The standard InChI is InChI=1S/C12H18N4O9/c1-12(2,3)24-11(18)10(14-13)9(17)6-4-5-8(25-16(21)22)7-23-15(19)20/h8H,4-7H2,1-3H3/t8-/m1/s1. The maximum atomic E-state index is 11.9. The Morgan fingerprint density at radius 2 is 1.80 bits per heavy atom. The molecule has 0 spiro atoms. The fourth-order valence-corrected chi connectivity index (χ4v) is 1.58. The van der Waals surface area contributed by atoms with E-state index in [0.717, 1.165) is 0 Å². The van der Waals surface area contributed by atoms with Gasteiger partial charge in [0, 0.05) is 6.42 Å². The molecule has 0 aromatic rings. The molecule has 140 valence electrons. The predicted octanol–water partition coefficient (Wildman–Crippen LogP) is 0.524. The summed E-state index contributed by atoms with van der Waals surface area (Å²) in [4.78, 5) is 54.8. The summed E-state index contributed by atoms with van der Waals surface area (Å²) < 4.78 is 4.90. The van der Waals surface area contributed by atoms with Crippen LogP contribution in [-0.4, -0.2) is 50.7 Å². The first-order valence-corrected chi connectivity index (χ1v) is 7.03. The maximum Gasteiger partial charge on any atom is 0.441 e. The molecule has 0 N–H and O–H groups in total. The van der Waals surface area contributed by atoms with Gasteiger partial charge in [-0.1, -0.05) is 0 Å². The van der Waals surface area contributed by atoms with E-state index in [2.05, 4.69) is 14.5 Å². The molecule has 0 bridgehead atoms. The summed E-state index contributed by atoms with van der Waals surface area (Å²) in [5.41, 5.74) is 7.07. The van der Waals surface area contributed by atoms with Crippen molar-refractivity contribution >= 4 is 17.5 Å². The molecule has 0 unspecified atom stereocenters. The zero-order valence-electron chi connectivity index (χ0n) is 13.9. The lowest BCUT2D eigenvalue weighted by molar-refractivity contribution is -0.790. The lowest BCUT2D eigenvalue weighted by atomic mass is 10.1. The van der Waals surface area contributed by atoms with E-state index in [4.69, 9.17) is 10.3 Å². The van der Waals surface area contributed by atoms with Crippen molar-refractivity contribution in [2.75, 3.05) is 6.61 Å².